The Morgan fingerprint density at radius 2 is 1.80 bits per heavy atom. The zero-order valence-electron chi connectivity index (χ0n) is 14.3. The van der Waals surface area contributed by atoms with Gasteiger partial charge in [0.1, 0.15) is 10.9 Å². The van der Waals surface area contributed by atoms with E-state index in [1.54, 1.807) is 31.2 Å². The van der Waals surface area contributed by atoms with Crippen LogP contribution in [0.4, 0.5) is 14.5 Å². The topological polar surface area (TPSA) is 54.9 Å². The number of carbonyl (C=O) groups is 1. The minimum Gasteiger partial charge on any atom is -0.322 e. The maximum absolute atomic E-state index is 12.6. The summed E-state index contributed by atoms with van der Waals surface area (Å²) >= 11 is 1.86. The predicted molar refractivity (Wildman–Crippen MR) is 98.9 cm³/mol. The van der Waals surface area contributed by atoms with Gasteiger partial charge in [-0.15, -0.1) is 11.8 Å². The Morgan fingerprint density at radius 3 is 2.32 bits per heavy atom. The van der Waals surface area contributed by atoms with Crippen molar-refractivity contribution in [1.82, 2.24) is 9.97 Å². The molecule has 25 heavy (non-hydrogen) atoms. The van der Waals surface area contributed by atoms with Crippen molar-refractivity contribution in [3.63, 3.8) is 0 Å². The first kappa shape index (κ1) is 19.7. The Morgan fingerprint density at radius 1 is 1.16 bits per heavy atom. The van der Waals surface area contributed by atoms with Crippen LogP contribution >= 0.6 is 23.5 Å². The Bertz CT molecular complexity index is 752. The smallest absolute Gasteiger partial charge is 0.288 e. The molecule has 4 nitrogen and oxygen atoms in total. The molecule has 0 aliphatic carbocycles. The number of aryl methyl sites for hydroxylation is 1. The summed E-state index contributed by atoms with van der Waals surface area (Å²) < 4.78 is 24.7. The molecule has 0 saturated carbocycles. The molecule has 134 valence electrons. The first-order chi connectivity index (χ1) is 11.8. The number of hydrogen-bond acceptors (Lipinski definition) is 5. The van der Waals surface area contributed by atoms with Crippen LogP contribution in [0.25, 0.3) is 0 Å². The van der Waals surface area contributed by atoms with Gasteiger partial charge < -0.3 is 5.32 Å². The highest BCUT2D eigenvalue weighted by Crippen LogP contribution is 2.27. The fourth-order valence-corrected chi connectivity index (χ4v) is 3.28. The summed E-state index contributed by atoms with van der Waals surface area (Å²) in [5, 5.41) is 3.40. The van der Waals surface area contributed by atoms with Gasteiger partial charge in [0, 0.05) is 16.5 Å². The highest BCUT2D eigenvalue weighted by atomic mass is 32.2. The van der Waals surface area contributed by atoms with Crippen LogP contribution in [0.1, 0.15) is 41.6 Å². The lowest BCUT2D eigenvalue weighted by atomic mass is 10.1. The third-order valence-corrected chi connectivity index (χ3v) is 4.75. The van der Waals surface area contributed by atoms with Crippen LogP contribution in [-0.4, -0.2) is 27.9 Å². The van der Waals surface area contributed by atoms with Crippen LogP contribution in [0.2, 0.25) is 0 Å². The lowest BCUT2D eigenvalue weighted by Gasteiger charge is -2.13. The van der Waals surface area contributed by atoms with Gasteiger partial charge in [-0.3, -0.25) is 4.79 Å². The third-order valence-electron chi connectivity index (χ3n) is 3.35. The highest BCUT2D eigenvalue weighted by Gasteiger charge is 2.19. The van der Waals surface area contributed by atoms with E-state index >= 15 is 0 Å². The van der Waals surface area contributed by atoms with E-state index in [0.29, 0.717) is 44.5 Å². The molecule has 1 aromatic heterocycles. The second-order valence-corrected chi connectivity index (χ2v) is 7.42. The van der Waals surface area contributed by atoms with E-state index in [2.05, 4.69) is 15.3 Å². The monoisotopic (exact) mass is 383 g/mol. The van der Waals surface area contributed by atoms with Gasteiger partial charge in [0.2, 0.25) is 0 Å². The molecule has 8 heteroatoms. The van der Waals surface area contributed by atoms with Crippen LogP contribution in [0.3, 0.4) is 0 Å². The van der Waals surface area contributed by atoms with Crippen molar-refractivity contribution in [2.75, 3.05) is 11.6 Å². The van der Waals surface area contributed by atoms with Gasteiger partial charge in [-0.1, -0.05) is 25.6 Å². The van der Waals surface area contributed by atoms with E-state index in [4.69, 9.17) is 0 Å². The molecule has 0 atom stereocenters. The number of thioether (sulfide) groups is 2. The molecule has 0 aliphatic rings. The molecule has 0 fully saturated rings. The number of rotatable bonds is 6. The molecule has 0 radical (unpaired) electrons. The van der Waals surface area contributed by atoms with Gasteiger partial charge in [0.05, 0.1) is 11.3 Å². The average molecular weight is 383 g/mol. The Kier molecular flexibility index (Phi) is 6.78. The van der Waals surface area contributed by atoms with E-state index in [1.807, 2.05) is 20.1 Å². The van der Waals surface area contributed by atoms with Gasteiger partial charge in [-0.2, -0.15) is 8.78 Å². The quantitative estimate of drug-likeness (QED) is 0.549. The molecule has 0 aliphatic heterocycles. The van der Waals surface area contributed by atoms with Crippen molar-refractivity contribution in [1.29, 1.82) is 0 Å². The summed E-state index contributed by atoms with van der Waals surface area (Å²) in [4.78, 5) is 22.0. The zero-order valence-corrected chi connectivity index (χ0v) is 16.0. The van der Waals surface area contributed by atoms with Gasteiger partial charge >= 0.3 is 0 Å². The summed E-state index contributed by atoms with van der Waals surface area (Å²) in [7, 11) is 0. The second-order valence-electron chi connectivity index (χ2n) is 5.56. The number of aromatic nitrogens is 2. The molecular weight excluding hydrogens is 364 g/mol. The number of halogens is 2. The van der Waals surface area contributed by atoms with E-state index in [9.17, 15) is 13.6 Å². The molecule has 1 aromatic carbocycles. The van der Waals surface area contributed by atoms with Crippen LogP contribution in [0.15, 0.2) is 34.2 Å². The number of nitrogens with one attached hydrogen (secondary N) is 1. The average Bonchev–Trinajstić information content (AvgIpc) is 2.55. The van der Waals surface area contributed by atoms with Crippen LogP contribution in [-0.2, 0) is 0 Å². The molecule has 2 aromatic rings. The lowest BCUT2D eigenvalue weighted by Crippen LogP contribution is -2.17. The van der Waals surface area contributed by atoms with Gasteiger partial charge in [-0.25, -0.2) is 9.97 Å². The molecule has 1 heterocycles. The first-order valence-corrected chi connectivity index (χ1v) is 9.71. The Labute approximate surface area is 154 Å². The fourth-order valence-electron chi connectivity index (χ4n) is 2.15. The highest BCUT2D eigenvalue weighted by molar-refractivity contribution is 7.99. The van der Waals surface area contributed by atoms with Crippen molar-refractivity contribution in [3.05, 3.63) is 41.3 Å². The zero-order chi connectivity index (χ0) is 18.6. The van der Waals surface area contributed by atoms with Crippen molar-refractivity contribution < 1.29 is 13.6 Å². The minimum absolute atomic E-state index is 0.168. The fraction of sp³-hybridized carbons (Fsp3) is 0.353. The first-order valence-electron chi connectivity index (χ1n) is 7.60. The summed E-state index contributed by atoms with van der Waals surface area (Å²) in [6.07, 6.45) is 1.86. The molecular formula is C17H19F2N3OS2. The number of nitrogens with zero attached hydrogens (tertiary/aromatic N) is 2. The second kappa shape index (κ2) is 8.62. The van der Waals surface area contributed by atoms with Crippen molar-refractivity contribution in [3.8, 4) is 0 Å². The van der Waals surface area contributed by atoms with E-state index in [-0.39, 0.29) is 11.8 Å². The van der Waals surface area contributed by atoms with Crippen LogP contribution in [0, 0.1) is 6.92 Å². The molecule has 0 bridgehead atoms. The number of amides is 1. The van der Waals surface area contributed by atoms with Gasteiger partial charge in [0.15, 0.2) is 0 Å². The maximum atomic E-state index is 12.6. The minimum atomic E-state index is -2.47. The van der Waals surface area contributed by atoms with Gasteiger partial charge in [0.25, 0.3) is 11.7 Å². The van der Waals surface area contributed by atoms with Crippen LogP contribution in [0.5, 0.6) is 0 Å². The number of alkyl halides is 2. The lowest BCUT2D eigenvalue weighted by molar-refractivity contribution is 0.102. The van der Waals surface area contributed by atoms with Crippen molar-refractivity contribution >= 4 is 35.1 Å². The molecule has 2 rings (SSSR count). The Hall–Kier alpha value is -1.67. The number of benzene rings is 1. The van der Waals surface area contributed by atoms with E-state index in [1.165, 1.54) is 11.8 Å². The molecule has 0 spiro atoms. The molecule has 1 N–H and O–H groups in total. The van der Waals surface area contributed by atoms with Crippen molar-refractivity contribution in [2.24, 2.45) is 0 Å². The number of anilines is 1. The number of hydrogen-bond donors (Lipinski definition) is 1. The Balaban J connectivity index is 2.23. The van der Waals surface area contributed by atoms with E-state index < -0.39 is 5.76 Å². The maximum Gasteiger partial charge on any atom is 0.288 e. The molecule has 0 unspecified atom stereocenters. The van der Waals surface area contributed by atoms with Gasteiger partial charge in [-0.05, 0) is 37.4 Å². The van der Waals surface area contributed by atoms with Crippen LogP contribution < -0.4 is 5.32 Å². The van der Waals surface area contributed by atoms with E-state index in [0.717, 1.165) is 0 Å². The molecule has 1 amide bonds. The third kappa shape index (κ3) is 5.15. The standard InChI is InChI=1S/C17H19F2N3OS2/c1-9(2)14-20-10(3)13(16(22-14)24-4)15(23)21-11-5-7-12(8-6-11)25-17(18)19/h5-9,17H,1-4H3,(H,21,23). The normalized spacial score (nSPS) is 11.2. The summed E-state index contributed by atoms with van der Waals surface area (Å²) in [5.41, 5.74) is 1.58. The SMILES string of the molecule is CSc1nc(C(C)C)nc(C)c1C(=O)Nc1ccc(SC(F)F)cc1. The van der Waals surface area contributed by atoms with Crippen molar-refractivity contribution in [2.45, 2.75) is 42.4 Å². The summed E-state index contributed by atoms with van der Waals surface area (Å²) in [6.45, 7) is 5.78. The predicted octanol–water partition coefficient (Wildman–Crippen LogP) is 5.20. The molecule has 0 saturated heterocycles. The number of carbonyl (C=O) groups excluding carboxylic acids is 1. The summed E-state index contributed by atoms with van der Waals surface area (Å²) in [5.74, 6) is -1.91. The largest absolute Gasteiger partial charge is 0.322 e. The summed E-state index contributed by atoms with van der Waals surface area (Å²) in [6, 6.07) is 6.29.